The van der Waals surface area contributed by atoms with E-state index >= 15 is 0 Å². The van der Waals surface area contributed by atoms with Crippen molar-refractivity contribution in [1.82, 2.24) is 15.5 Å². The molecular formula is C20H22N4O2S2. The van der Waals surface area contributed by atoms with E-state index in [1.165, 1.54) is 28.7 Å². The largest absolute Gasteiger partial charge is 0.497 e. The number of carbonyl (C=O) groups is 1. The summed E-state index contributed by atoms with van der Waals surface area (Å²) in [6.07, 6.45) is 0. The Bertz CT molecular complexity index is 902. The smallest absolute Gasteiger partial charge is 0.230 e. The molecule has 146 valence electrons. The van der Waals surface area contributed by atoms with Crippen LogP contribution in [-0.2, 0) is 4.79 Å². The van der Waals surface area contributed by atoms with Crippen LogP contribution in [0, 0.1) is 0 Å². The van der Waals surface area contributed by atoms with E-state index < -0.39 is 0 Å². The van der Waals surface area contributed by atoms with Gasteiger partial charge in [0.05, 0.1) is 12.9 Å². The molecule has 0 saturated carbocycles. The highest BCUT2D eigenvalue weighted by Gasteiger charge is 2.11. The summed E-state index contributed by atoms with van der Waals surface area (Å²) in [4.78, 5) is 12.1. The molecule has 3 rings (SSSR count). The Hall–Kier alpha value is -2.58. The highest BCUT2D eigenvalue weighted by Crippen LogP contribution is 2.28. The fourth-order valence-electron chi connectivity index (χ4n) is 2.49. The van der Waals surface area contributed by atoms with Crippen molar-refractivity contribution in [2.45, 2.75) is 17.2 Å². The number of anilines is 2. The first-order valence-electron chi connectivity index (χ1n) is 8.83. The number of hydrogen-bond donors (Lipinski definition) is 2. The molecule has 1 aromatic heterocycles. The number of nitrogens with one attached hydrogen (secondary N) is 2. The molecule has 0 radical (unpaired) electrons. The van der Waals surface area contributed by atoms with E-state index in [0.29, 0.717) is 17.4 Å². The minimum Gasteiger partial charge on any atom is -0.497 e. The van der Waals surface area contributed by atoms with Crippen LogP contribution in [0.1, 0.15) is 18.4 Å². The quantitative estimate of drug-likeness (QED) is 0.509. The maximum absolute atomic E-state index is 12.1. The van der Waals surface area contributed by atoms with Crippen LogP contribution in [-0.4, -0.2) is 35.5 Å². The Morgan fingerprint density at radius 3 is 2.79 bits per heavy atom. The Kier molecular flexibility index (Phi) is 7.27. The van der Waals surface area contributed by atoms with E-state index in [9.17, 15) is 4.79 Å². The second-order valence-electron chi connectivity index (χ2n) is 6.13. The van der Waals surface area contributed by atoms with E-state index in [4.69, 9.17) is 4.74 Å². The summed E-state index contributed by atoms with van der Waals surface area (Å²) in [5, 5.41) is 15.1. The number of ether oxygens (including phenoxy) is 1. The van der Waals surface area contributed by atoms with Crippen molar-refractivity contribution in [3.05, 3.63) is 60.2 Å². The molecule has 8 heteroatoms. The average molecular weight is 415 g/mol. The molecule has 0 saturated heterocycles. The van der Waals surface area contributed by atoms with Crippen molar-refractivity contribution in [3.8, 4) is 5.75 Å². The summed E-state index contributed by atoms with van der Waals surface area (Å²) in [7, 11) is 1.63. The molecule has 0 aliphatic carbocycles. The van der Waals surface area contributed by atoms with Gasteiger partial charge in [-0.3, -0.25) is 4.79 Å². The fraction of sp³-hybridized carbons (Fsp3) is 0.250. The topological polar surface area (TPSA) is 76.1 Å². The van der Waals surface area contributed by atoms with Gasteiger partial charge in [-0.1, -0.05) is 66.4 Å². The van der Waals surface area contributed by atoms with Crippen LogP contribution in [0.25, 0.3) is 0 Å². The minimum atomic E-state index is -0.00899. The third kappa shape index (κ3) is 5.97. The Morgan fingerprint density at radius 2 is 2.00 bits per heavy atom. The second kappa shape index (κ2) is 10.1. The van der Waals surface area contributed by atoms with Crippen molar-refractivity contribution >= 4 is 39.8 Å². The standard InChI is InChI=1S/C20H22N4O2S2/c1-14(15-7-4-3-5-8-15)12-21-18(25)13-27-20-24-23-19(28-20)22-16-9-6-10-17(11-16)26-2/h3-11,14H,12-13H2,1-2H3,(H,21,25)(H,22,23)/t14-/m0/s1. The van der Waals surface area contributed by atoms with Gasteiger partial charge in [-0.25, -0.2) is 0 Å². The van der Waals surface area contributed by atoms with Gasteiger partial charge < -0.3 is 15.4 Å². The Balaban J connectivity index is 1.44. The number of rotatable bonds is 9. The number of methoxy groups -OCH3 is 1. The number of hydrogen-bond acceptors (Lipinski definition) is 7. The lowest BCUT2D eigenvalue weighted by atomic mass is 10.0. The molecule has 1 atom stereocenters. The van der Waals surface area contributed by atoms with E-state index in [0.717, 1.165) is 15.8 Å². The molecular weight excluding hydrogens is 392 g/mol. The third-order valence-electron chi connectivity index (χ3n) is 4.03. The first-order valence-corrected chi connectivity index (χ1v) is 10.6. The molecule has 0 fully saturated rings. The zero-order valence-electron chi connectivity index (χ0n) is 15.7. The van der Waals surface area contributed by atoms with Crippen molar-refractivity contribution < 1.29 is 9.53 Å². The molecule has 3 aromatic rings. The Labute approximate surface area is 172 Å². The molecule has 28 heavy (non-hydrogen) atoms. The average Bonchev–Trinajstić information content (AvgIpc) is 3.18. The molecule has 0 bridgehead atoms. The predicted molar refractivity (Wildman–Crippen MR) is 115 cm³/mol. The van der Waals surface area contributed by atoms with E-state index in [1.807, 2.05) is 42.5 Å². The maximum atomic E-state index is 12.1. The lowest BCUT2D eigenvalue weighted by Gasteiger charge is -2.12. The van der Waals surface area contributed by atoms with Gasteiger partial charge >= 0.3 is 0 Å². The number of benzene rings is 2. The molecule has 2 N–H and O–H groups in total. The van der Waals surface area contributed by atoms with Gasteiger partial charge in [0, 0.05) is 18.3 Å². The van der Waals surface area contributed by atoms with Crippen LogP contribution in [0.5, 0.6) is 5.75 Å². The van der Waals surface area contributed by atoms with E-state index in [2.05, 4.69) is 39.9 Å². The zero-order chi connectivity index (χ0) is 19.8. The van der Waals surface area contributed by atoms with Gasteiger partial charge in [0.2, 0.25) is 11.0 Å². The lowest BCUT2D eigenvalue weighted by Crippen LogP contribution is -2.28. The van der Waals surface area contributed by atoms with Gasteiger partial charge in [0.1, 0.15) is 5.75 Å². The molecule has 0 aliphatic rings. The molecule has 0 unspecified atom stereocenters. The first-order chi connectivity index (χ1) is 13.6. The van der Waals surface area contributed by atoms with Crippen molar-refractivity contribution in [2.75, 3.05) is 24.7 Å². The summed E-state index contributed by atoms with van der Waals surface area (Å²) in [6.45, 7) is 2.71. The van der Waals surface area contributed by atoms with Crippen LogP contribution in [0.3, 0.4) is 0 Å². The number of amides is 1. The van der Waals surface area contributed by atoms with Crippen LogP contribution >= 0.6 is 23.1 Å². The summed E-state index contributed by atoms with van der Waals surface area (Å²) in [6, 6.07) is 17.8. The molecule has 6 nitrogen and oxygen atoms in total. The minimum absolute atomic E-state index is 0.00899. The van der Waals surface area contributed by atoms with Gasteiger partial charge in [-0.05, 0) is 23.6 Å². The number of thioether (sulfide) groups is 1. The molecule has 0 aliphatic heterocycles. The normalized spacial score (nSPS) is 11.6. The molecule has 1 amide bonds. The zero-order valence-corrected chi connectivity index (χ0v) is 17.3. The molecule has 1 heterocycles. The number of nitrogens with zero attached hydrogens (tertiary/aromatic N) is 2. The molecule has 2 aromatic carbocycles. The summed E-state index contributed by atoms with van der Waals surface area (Å²) < 4.78 is 5.96. The van der Waals surface area contributed by atoms with Crippen LogP contribution in [0.2, 0.25) is 0 Å². The number of carbonyl (C=O) groups excluding carboxylic acids is 1. The van der Waals surface area contributed by atoms with Crippen molar-refractivity contribution in [3.63, 3.8) is 0 Å². The first kappa shape index (κ1) is 20.2. The SMILES string of the molecule is COc1cccc(Nc2nnc(SCC(=O)NC[C@H](C)c3ccccc3)s2)c1. The van der Waals surface area contributed by atoms with Crippen LogP contribution in [0.15, 0.2) is 58.9 Å². The van der Waals surface area contributed by atoms with Gasteiger partial charge in [0.15, 0.2) is 4.34 Å². The summed E-state index contributed by atoms with van der Waals surface area (Å²) in [5.41, 5.74) is 2.09. The van der Waals surface area contributed by atoms with Crippen LogP contribution < -0.4 is 15.4 Å². The van der Waals surface area contributed by atoms with Crippen molar-refractivity contribution in [1.29, 1.82) is 0 Å². The predicted octanol–water partition coefficient (Wildman–Crippen LogP) is 4.30. The highest BCUT2D eigenvalue weighted by molar-refractivity contribution is 8.01. The third-order valence-corrected chi connectivity index (χ3v) is 6.00. The van der Waals surface area contributed by atoms with Gasteiger partial charge in [-0.15, -0.1) is 10.2 Å². The van der Waals surface area contributed by atoms with E-state index in [1.54, 1.807) is 7.11 Å². The summed E-state index contributed by atoms with van der Waals surface area (Å²) >= 11 is 2.80. The van der Waals surface area contributed by atoms with Gasteiger partial charge in [0.25, 0.3) is 0 Å². The monoisotopic (exact) mass is 414 g/mol. The maximum Gasteiger partial charge on any atom is 0.230 e. The van der Waals surface area contributed by atoms with Gasteiger partial charge in [-0.2, -0.15) is 0 Å². The number of aromatic nitrogens is 2. The van der Waals surface area contributed by atoms with E-state index in [-0.39, 0.29) is 11.8 Å². The highest BCUT2D eigenvalue weighted by atomic mass is 32.2. The second-order valence-corrected chi connectivity index (χ2v) is 8.33. The fourth-order valence-corrected chi connectivity index (χ4v) is 4.09. The Morgan fingerprint density at radius 1 is 1.18 bits per heavy atom. The summed E-state index contributed by atoms with van der Waals surface area (Å²) in [5.74, 6) is 1.35. The molecule has 0 spiro atoms. The lowest BCUT2D eigenvalue weighted by molar-refractivity contribution is -0.118. The van der Waals surface area contributed by atoms with Crippen molar-refractivity contribution in [2.24, 2.45) is 0 Å². The van der Waals surface area contributed by atoms with Crippen LogP contribution in [0.4, 0.5) is 10.8 Å².